The lowest BCUT2D eigenvalue weighted by Gasteiger charge is -2.38. The number of hydrogen-bond donors (Lipinski definition) is 1. The Hall–Kier alpha value is -0.900. The van der Waals surface area contributed by atoms with E-state index < -0.39 is 0 Å². The molecule has 2 unspecified atom stereocenters. The number of benzene rings is 1. The molecular formula is C17H29N3. The third kappa shape index (κ3) is 3.81. The monoisotopic (exact) mass is 275 g/mol. The predicted octanol–water partition coefficient (Wildman–Crippen LogP) is 2.28. The van der Waals surface area contributed by atoms with Crippen molar-refractivity contribution >= 4 is 0 Å². The highest BCUT2D eigenvalue weighted by Gasteiger charge is 2.22. The molecule has 0 aliphatic carbocycles. The van der Waals surface area contributed by atoms with Crippen molar-refractivity contribution in [3.05, 3.63) is 35.4 Å². The molecule has 0 saturated carbocycles. The van der Waals surface area contributed by atoms with Gasteiger partial charge in [-0.15, -0.1) is 0 Å². The first-order valence-electron chi connectivity index (χ1n) is 7.77. The van der Waals surface area contributed by atoms with E-state index in [9.17, 15) is 0 Å². The number of nitrogens with zero attached hydrogens (tertiary/aromatic N) is 2. The fraction of sp³-hybridized carbons (Fsp3) is 0.647. The summed E-state index contributed by atoms with van der Waals surface area (Å²) >= 11 is 0. The minimum Gasteiger partial charge on any atom is -0.313 e. The van der Waals surface area contributed by atoms with Crippen LogP contribution in [0.1, 0.15) is 30.5 Å². The normalized spacial score (nSPS) is 22.9. The first-order valence-corrected chi connectivity index (χ1v) is 7.77. The highest BCUT2D eigenvalue weighted by molar-refractivity contribution is 5.28. The van der Waals surface area contributed by atoms with Crippen molar-refractivity contribution < 1.29 is 0 Å². The van der Waals surface area contributed by atoms with E-state index in [-0.39, 0.29) is 0 Å². The molecule has 0 bridgehead atoms. The first kappa shape index (κ1) is 15.5. The lowest BCUT2D eigenvalue weighted by Crippen LogP contribution is -2.50. The van der Waals surface area contributed by atoms with Gasteiger partial charge in [-0.25, -0.2) is 0 Å². The maximum atomic E-state index is 3.49. The van der Waals surface area contributed by atoms with E-state index in [1.54, 1.807) is 0 Å². The summed E-state index contributed by atoms with van der Waals surface area (Å²) in [6.45, 7) is 9.31. The molecular weight excluding hydrogens is 246 g/mol. The molecule has 1 aliphatic rings. The molecule has 3 heteroatoms. The molecule has 1 N–H and O–H groups in total. The number of hydrogen-bond acceptors (Lipinski definition) is 3. The van der Waals surface area contributed by atoms with Crippen LogP contribution in [0.15, 0.2) is 24.3 Å². The van der Waals surface area contributed by atoms with Crippen molar-refractivity contribution in [1.29, 1.82) is 0 Å². The van der Waals surface area contributed by atoms with Crippen LogP contribution in [0.25, 0.3) is 0 Å². The van der Waals surface area contributed by atoms with Gasteiger partial charge in [-0.3, -0.25) is 4.90 Å². The summed E-state index contributed by atoms with van der Waals surface area (Å²) in [6.07, 6.45) is 1.18. The van der Waals surface area contributed by atoms with Gasteiger partial charge < -0.3 is 10.2 Å². The molecule has 1 saturated heterocycles. The van der Waals surface area contributed by atoms with Gasteiger partial charge in [0, 0.05) is 38.3 Å². The second-order valence-corrected chi connectivity index (χ2v) is 6.13. The van der Waals surface area contributed by atoms with E-state index in [0.29, 0.717) is 12.1 Å². The second kappa shape index (κ2) is 7.21. The lowest BCUT2D eigenvalue weighted by atomic mass is 9.98. The van der Waals surface area contributed by atoms with Crippen molar-refractivity contribution in [3.63, 3.8) is 0 Å². The lowest BCUT2D eigenvalue weighted by molar-refractivity contribution is 0.0963. The Bertz CT molecular complexity index is 418. The number of piperazine rings is 1. The van der Waals surface area contributed by atoms with E-state index in [1.807, 2.05) is 0 Å². The van der Waals surface area contributed by atoms with Gasteiger partial charge in [0.05, 0.1) is 0 Å². The summed E-state index contributed by atoms with van der Waals surface area (Å²) in [5.74, 6) is 0. The number of rotatable bonds is 5. The van der Waals surface area contributed by atoms with E-state index in [2.05, 4.69) is 67.3 Å². The van der Waals surface area contributed by atoms with Gasteiger partial charge in [-0.2, -0.15) is 0 Å². The Morgan fingerprint density at radius 3 is 2.70 bits per heavy atom. The molecule has 2 atom stereocenters. The van der Waals surface area contributed by atoms with Crippen LogP contribution in [0.5, 0.6) is 0 Å². The molecule has 2 rings (SSSR count). The van der Waals surface area contributed by atoms with Gasteiger partial charge in [0.25, 0.3) is 0 Å². The SMILES string of the molecule is CNC(CCN1CCN(C)CC1C)c1ccccc1C. The van der Waals surface area contributed by atoms with Crippen LogP contribution in [0.2, 0.25) is 0 Å². The van der Waals surface area contributed by atoms with Gasteiger partial charge in [-0.1, -0.05) is 24.3 Å². The highest BCUT2D eigenvalue weighted by Crippen LogP contribution is 2.21. The molecule has 112 valence electrons. The quantitative estimate of drug-likeness (QED) is 0.889. The summed E-state index contributed by atoms with van der Waals surface area (Å²) < 4.78 is 0. The van der Waals surface area contributed by atoms with Crippen LogP contribution in [-0.2, 0) is 0 Å². The average Bonchev–Trinajstić information content (AvgIpc) is 2.43. The maximum Gasteiger partial charge on any atom is 0.0332 e. The number of nitrogens with one attached hydrogen (secondary N) is 1. The average molecular weight is 275 g/mol. The van der Waals surface area contributed by atoms with Gasteiger partial charge in [0.15, 0.2) is 0 Å². The fourth-order valence-electron chi connectivity index (χ4n) is 3.24. The molecule has 1 aromatic rings. The maximum absolute atomic E-state index is 3.49. The molecule has 0 radical (unpaired) electrons. The Morgan fingerprint density at radius 1 is 1.30 bits per heavy atom. The molecule has 0 amide bonds. The largest absolute Gasteiger partial charge is 0.313 e. The van der Waals surface area contributed by atoms with E-state index in [1.165, 1.54) is 43.7 Å². The Kier molecular flexibility index (Phi) is 5.58. The van der Waals surface area contributed by atoms with Crippen LogP contribution < -0.4 is 5.32 Å². The van der Waals surface area contributed by atoms with Crippen molar-refractivity contribution in [2.24, 2.45) is 0 Å². The van der Waals surface area contributed by atoms with Crippen molar-refractivity contribution in [2.75, 3.05) is 40.3 Å². The summed E-state index contributed by atoms with van der Waals surface area (Å²) in [5.41, 5.74) is 2.83. The number of likely N-dealkylation sites (N-methyl/N-ethyl adjacent to an activating group) is 1. The minimum atomic E-state index is 0.461. The molecule has 3 nitrogen and oxygen atoms in total. The van der Waals surface area contributed by atoms with Crippen LogP contribution in [0.4, 0.5) is 0 Å². The van der Waals surface area contributed by atoms with E-state index in [4.69, 9.17) is 0 Å². The molecule has 1 fully saturated rings. The van der Waals surface area contributed by atoms with Gasteiger partial charge >= 0.3 is 0 Å². The summed E-state index contributed by atoms with van der Waals surface area (Å²) in [6, 6.07) is 9.85. The van der Waals surface area contributed by atoms with Gasteiger partial charge in [-0.05, 0) is 45.5 Å². The summed E-state index contributed by atoms with van der Waals surface area (Å²) in [5, 5.41) is 3.49. The zero-order valence-corrected chi connectivity index (χ0v) is 13.4. The number of aryl methyl sites for hydroxylation is 1. The highest BCUT2D eigenvalue weighted by atomic mass is 15.3. The molecule has 1 aliphatic heterocycles. The first-order chi connectivity index (χ1) is 9.61. The van der Waals surface area contributed by atoms with E-state index >= 15 is 0 Å². The van der Waals surface area contributed by atoms with Crippen LogP contribution >= 0.6 is 0 Å². The Balaban J connectivity index is 1.93. The van der Waals surface area contributed by atoms with Crippen molar-refractivity contribution in [2.45, 2.75) is 32.4 Å². The third-order valence-corrected chi connectivity index (χ3v) is 4.59. The smallest absolute Gasteiger partial charge is 0.0332 e. The molecule has 20 heavy (non-hydrogen) atoms. The zero-order chi connectivity index (χ0) is 14.5. The standard InChI is InChI=1S/C17H29N3/c1-14-7-5-6-8-16(14)17(18-3)9-10-20-12-11-19(4)13-15(20)2/h5-8,15,17-18H,9-13H2,1-4H3. The molecule has 1 heterocycles. The van der Waals surface area contributed by atoms with Gasteiger partial charge in [0.1, 0.15) is 0 Å². The van der Waals surface area contributed by atoms with Crippen LogP contribution in [0.3, 0.4) is 0 Å². The molecule has 1 aromatic carbocycles. The topological polar surface area (TPSA) is 18.5 Å². The molecule has 0 spiro atoms. The van der Waals surface area contributed by atoms with Gasteiger partial charge in [0.2, 0.25) is 0 Å². The summed E-state index contributed by atoms with van der Waals surface area (Å²) in [7, 11) is 4.29. The fourth-order valence-corrected chi connectivity index (χ4v) is 3.24. The zero-order valence-electron chi connectivity index (χ0n) is 13.4. The van der Waals surface area contributed by atoms with E-state index in [0.717, 1.165) is 0 Å². The molecule has 0 aromatic heterocycles. The Morgan fingerprint density at radius 2 is 2.05 bits per heavy atom. The third-order valence-electron chi connectivity index (χ3n) is 4.59. The van der Waals surface area contributed by atoms with Crippen molar-refractivity contribution in [1.82, 2.24) is 15.1 Å². The Labute approximate surface area is 124 Å². The van der Waals surface area contributed by atoms with Crippen LogP contribution in [-0.4, -0.2) is 56.1 Å². The predicted molar refractivity (Wildman–Crippen MR) is 86.1 cm³/mol. The second-order valence-electron chi connectivity index (χ2n) is 6.13. The van der Waals surface area contributed by atoms with Crippen molar-refractivity contribution in [3.8, 4) is 0 Å². The summed E-state index contributed by atoms with van der Waals surface area (Å²) in [4.78, 5) is 5.06. The van der Waals surface area contributed by atoms with Crippen LogP contribution in [0, 0.1) is 6.92 Å². The minimum absolute atomic E-state index is 0.461.